The number of nitrogens with one attached hydrogen (secondary N) is 1. The summed E-state index contributed by atoms with van der Waals surface area (Å²) in [5.74, 6) is 0.427. The molecule has 0 unspecified atom stereocenters. The molecule has 0 bridgehead atoms. The first kappa shape index (κ1) is 16.3. The van der Waals surface area contributed by atoms with Gasteiger partial charge in [-0.25, -0.2) is 13.1 Å². The number of nitrogens with two attached hydrogens (primary N) is 1. The third-order valence-electron chi connectivity index (χ3n) is 2.31. The Morgan fingerprint density at radius 3 is 2.68 bits per heavy atom. The number of benzene rings is 1. The first-order valence-electron chi connectivity index (χ1n) is 5.85. The Bertz CT molecular complexity index is 515. The molecule has 0 heterocycles. The molecule has 0 spiro atoms. The Kier molecular flexibility index (Phi) is 5.66. The molecule has 108 valence electrons. The van der Waals surface area contributed by atoms with Crippen molar-refractivity contribution in [2.75, 3.05) is 23.8 Å². The average Bonchev–Trinajstić information content (AvgIpc) is 2.27. The zero-order valence-corrected chi connectivity index (χ0v) is 12.7. The van der Waals surface area contributed by atoms with E-state index in [9.17, 15) is 8.42 Å². The molecule has 1 aromatic rings. The van der Waals surface area contributed by atoms with Gasteiger partial charge in [-0.1, -0.05) is 6.07 Å². The van der Waals surface area contributed by atoms with Gasteiger partial charge in [0.2, 0.25) is 10.0 Å². The summed E-state index contributed by atoms with van der Waals surface area (Å²) in [5, 5.41) is 9.05. The standard InChI is InChI=1S/C12H20N2O3S2/c1-12(2,9-15)14-19(16,17)7-6-18-11-5-3-4-10(13)8-11/h3-5,8,14-15H,6-7,9,13H2,1-2H3. The number of hydrogen-bond donors (Lipinski definition) is 3. The van der Waals surface area contributed by atoms with Crippen LogP contribution in [0.3, 0.4) is 0 Å². The van der Waals surface area contributed by atoms with Gasteiger partial charge in [0, 0.05) is 16.3 Å². The number of rotatable bonds is 7. The van der Waals surface area contributed by atoms with Gasteiger partial charge in [0.05, 0.1) is 17.9 Å². The molecule has 1 rings (SSSR count). The molecular weight excluding hydrogens is 284 g/mol. The number of aliphatic hydroxyl groups excluding tert-OH is 1. The number of anilines is 1. The molecule has 4 N–H and O–H groups in total. The first-order chi connectivity index (χ1) is 8.74. The molecule has 19 heavy (non-hydrogen) atoms. The summed E-state index contributed by atoms with van der Waals surface area (Å²) in [7, 11) is -3.39. The van der Waals surface area contributed by atoms with Gasteiger partial charge in [0.25, 0.3) is 0 Å². The highest BCUT2D eigenvalue weighted by molar-refractivity contribution is 8.00. The van der Waals surface area contributed by atoms with E-state index >= 15 is 0 Å². The van der Waals surface area contributed by atoms with Crippen molar-refractivity contribution >= 4 is 27.5 Å². The number of thioether (sulfide) groups is 1. The average molecular weight is 304 g/mol. The van der Waals surface area contributed by atoms with Crippen LogP contribution in [0.15, 0.2) is 29.2 Å². The molecule has 0 atom stereocenters. The summed E-state index contributed by atoms with van der Waals surface area (Å²) in [6, 6.07) is 7.31. The van der Waals surface area contributed by atoms with Crippen LogP contribution in [0.25, 0.3) is 0 Å². The van der Waals surface area contributed by atoms with E-state index in [2.05, 4.69) is 4.72 Å². The number of aliphatic hydroxyl groups is 1. The fraction of sp³-hybridized carbons (Fsp3) is 0.500. The summed E-state index contributed by atoms with van der Waals surface area (Å²) in [6.45, 7) is 3.03. The highest BCUT2D eigenvalue weighted by Gasteiger charge is 2.23. The molecule has 0 saturated carbocycles. The Hall–Kier alpha value is -0.760. The van der Waals surface area contributed by atoms with E-state index in [1.165, 1.54) is 11.8 Å². The monoisotopic (exact) mass is 304 g/mol. The van der Waals surface area contributed by atoms with Crippen LogP contribution in [0.2, 0.25) is 0 Å². The summed E-state index contributed by atoms with van der Waals surface area (Å²) < 4.78 is 26.1. The van der Waals surface area contributed by atoms with Gasteiger partial charge in [-0.15, -0.1) is 11.8 Å². The van der Waals surface area contributed by atoms with Gasteiger partial charge in [-0.2, -0.15) is 0 Å². The van der Waals surface area contributed by atoms with Crippen LogP contribution >= 0.6 is 11.8 Å². The third kappa shape index (κ3) is 6.29. The van der Waals surface area contributed by atoms with Crippen LogP contribution in [0, 0.1) is 0 Å². The second kappa shape index (κ2) is 6.60. The molecule has 1 aromatic carbocycles. The van der Waals surface area contributed by atoms with E-state index in [-0.39, 0.29) is 12.4 Å². The van der Waals surface area contributed by atoms with Crippen molar-refractivity contribution in [3.05, 3.63) is 24.3 Å². The minimum atomic E-state index is -3.39. The normalized spacial score (nSPS) is 12.6. The summed E-state index contributed by atoms with van der Waals surface area (Å²) in [5.41, 5.74) is 5.47. The van der Waals surface area contributed by atoms with Gasteiger partial charge in [-0.3, -0.25) is 0 Å². The van der Waals surface area contributed by atoms with E-state index in [1.54, 1.807) is 19.9 Å². The van der Waals surface area contributed by atoms with E-state index in [0.29, 0.717) is 11.4 Å². The van der Waals surface area contributed by atoms with Gasteiger partial charge in [0.1, 0.15) is 0 Å². The zero-order chi connectivity index (χ0) is 14.5. The summed E-state index contributed by atoms with van der Waals surface area (Å²) >= 11 is 1.43. The lowest BCUT2D eigenvalue weighted by molar-refractivity contribution is 0.208. The van der Waals surface area contributed by atoms with Crippen molar-refractivity contribution in [1.29, 1.82) is 0 Å². The predicted octanol–water partition coefficient (Wildman–Crippen LogP) is 1.05. The van der Waals surface area contributed by atoms with Gasteiger partial charge in [0.15, 0.2) is 0 Å². The smallest absolute Gasteiger partial charge is 0.212 e. The molecule has 0 aliphatic carbocycles. The van der Waals surface area contributed by atoms with Crippen molar-refractivity contribution in [2.24, 2.45) is 0 Å². The minimum Gasteiger partial charge on any atom is -0.399 e. The highest BCUT2D eigenvalue weighted by Crippen LogP contribution is 2.20. The van der Waals surface area contributed by atoms with Gasteiger partial charge in [-0.05, 0) is 32.0 Å². The molecule has 0 radical (unpaired) electrons. The molecule has 0 saturated heterocycles. The molecule has 0 aromatic heterocycles. The second-order valence-corrected chi connectivity index (χ2v) is 7.89. The molecule has 5 nitrogen and oxygen atoms in total. The number of sulfonamides is 1. The van der Waals surface area contributed by atoms with Crippen molar-refractivity contribution in [1.82, 2.24) is 4.72 Å². The fourth-order valence-electron chi connectivity index (χ4n) is 1.38. The van der Waals surface area contributed by atoms with Crippen LogP contribution in [0.1, 0.15) is 13.8 Å². The Morgan fingerprint density at radius 1 is 1.42 bits per heavy atom. The van der Waals surface area contributed by atoms with Crippen molar-refractivity contribution in [2.45, 2.75) is 24.3 Å². The van der Waals surface area contributed by atoms with E-state index < -0.39 is 15.6 Å². The summed E-state index contributed by atoms with van der Waals surface area (Å²) in [4.78, 5) is 0.941. The predicted molar refractivity (Wildman–Crippen MR) is 79.7 cm³/mol. The topological polar surface area (TPSA) is 92.4 Å². The second-order valence-electron chi connectivity index (χ2n) is 4.88. The molecule has 0 fully saturated rings. The van der Waals surface area contributed by atoms with Crippen LogP contribution < -0.4 is 10.5 Å². The number of nitrogen functional groups attached to an aromatic ring is 1. The maximum absolute atomic E-state index is 11.8. The van der Waals surface area contributed by atoms with Crippen LogP contribution in [-0.2, 0) is 10.0 Å². The highest BCUT2D eigenvalue weighted by atomic mass is 32.2. The van der Waals surface area contributed by atoms with Crippen LogP contribution in [0.4, 0.5) is 5.69 Å². The largest absolute Gasteiger partial charge is 0.399 e. The first-order valence-corrected chi connectivity index (χ1v) is 8.49. The maximum atomic E-state index is 11.8. The fourth-order valence-corrected chi connectivity index (χ4v) is 4.23. The van der Waals surface area contributed by atoms with Gasteiger partial charge < -0.3 is 10.8 Å². The molecule has 0 amide bonds. The lowest BCUT2D eigenvalue weighted by Gasteiger charge is -2.23. The Morgan fingerprint density at radius 2 is 2.11 bits per heavy atom. The van der Waals surface area contributed by atoms with E-state index in [1.807, 2.05) is 18.2 Å². The van der Waals surface area contributed by atoms with Crippen molar-refractivity contribution in [3.8, 4) is 0 Å². The van der Waals surface area contributed by atoms with E-state index in [4.69, 9.17) is 10.8 Å². The number of hydrogen-bond acceptors (Lipinski definition) is 5. The zero-order valence-electron chi connectivity index (χ0n) is 11.1. The molecule has 7 heteroatoms. The Balaban J connectivity index is 2.48. The molecule has 0 aliphatic rings. The molecule has 0 aliphatic heterocycles. The van der Waals surface area contributed by atoms with Gasteiger partial charge >= 0.3 is 0 Å². The Labute approximate surface area is 118 Å². The van der Waals surface area contributed by atoms with Crippen LogP contribution in [0.5, 0.6) is 0 Å². The van der Waals surface area contributed by atoms with E-state index in [0.717, 1.165) is 4.90 Å². The van der Waals surface area contributed by atoms with Crippen molar-refractivity contribution < 1.29 is 13.5 Å². The quantitative estimate of drug-likeness (QED) is 0.517. The summed E-state index contributed by atoms with van der Waals surface area (Å²) in [6.07, 6.45) is 0. The lowest BCUT2D eigenvalue weighted by Crippen LogP contribution is -2.47. The van der Waals surface area contributed by atoms with Crippen LogP contribution in [-0.4, -0.2) is 37.2 Å². The molecular formula is C12H20N2O3S2. The van der Waals surface area contributed by atoms with Crippen molar-refractivity contribution in [3.63, 3.8) is 0 Å². The maximum Gasteiger partial charge on any atom is 0.212 e. The lowest BCUT2D eigenvalue weighted by atomic mass is 10.1. The minimum absolute atomic E-state index is 0.00407. The third-order valence-corrected chi connectivity index (χ3v) is 5.17. The SMILES string of the molecule is CC(C)(CO)NS(=O)(=O)CCSc1cccc(N)c1.